The molecule has 4 nitrogen and oxygen atoms in total. The Morgan fingerprint density at radius 1 is 1.24 bits per heavy atom. The van der Waals surface area contributed by atoms with Gasteiger partial charge in [0.25, 0.3) is 0 Å². The van der Waals surface area contributed by atoms with Gasteiger partial charge < -0.3 is 0 Å². The molecule has 1 aromatic rings. The van der Waals surface area contributed by atoms with Gasteiger partial charge in [0.15, 0.2) is 5.78 Å². The standard InChI is InChI=1S/C16H23NO3S/c1-2-16(18)14-9-6-10-15(11-14)21(19,20)17-12-13-7-4-3-5-8-13/h6,9-11,13,17H,2-5,7-8,12H2,1H3. The highest BCUT2D eigenvalue weighted by Gasteiger charge is 2.19. The summed E-state index contributed by atoms with van der Waals surface area (Å²) in [4.78, 5) is 11.9. The number of sulfonamides is 1. The van der Waals surface area contributed by atoms with E-state index >= 15 is 0 Å². The van der Waals surface area contributed by atoms with Crippen LogP contribution in [-0.2, 0) is 10.0 Å². The van der Waals surface area contributed by atoms with Gasteiger partial charge in [0.1, 0.15) is 0 Å². The molecule has 1 aliphatic carbocycles. The maximum absolute atomic E-state index is 12.3. The van der Waals surface area contributed by atoms with Crippen molar-refractivity contribution in [3.8, 4) is 0 Å². The molecule has 1 saturated carbocycles. The summed E-state index contributed by atoms with van der Waals surface area (Å²) < 4.78 is 27.3. The Bertz CT molecular complexity index is 589. The van der Waals surface area contributed by atoms with Crippen LogP contribution in [0, 0.1) is 5.92 Å². The Labute approximate surface area is 127 Å². The summed E-state index contributed by atoms with van der Waals surface area (Å²) in [5, 5.41) is 0. The van der Waals surface area contributed by atoms with Crippen molar-refractivity contribution in [3.63, 3.8) is 0 Å². The quantitative estimate of drug-likeness (QED) is 0.821. The number of rotatable bonds is 6. The first kappa shape index (κ1) is 16.2. The second kappa shape index (κ2) is 7.18. The van der Waals surface area contributed by atoms with Crippen LogP contribution in [0.4, 0.5) is 0 Å². The fourth-order valence-electron chi connectivity index (χ4n) is 2.74. The van der Waals surface area contributed by atoms with Gasteiger partial charge in [-0.25, -0.2) is 13.1 Å². The summed E-state index contributed by atoms with van der Waals surface area (Å²) in [5.41, 5.74) is 0.457. The Balaban J connectivity index is 2.06. The van der Waals surface area contributed by atoms with Crippen LogP contribution >= 0.6 is 0 Å². The van der Waals surface area contributed by atoms with E-state index in [1.54, 1.807) is 19.1 Å². The molecular formula is C16H23NO3S. The lowest BCUT2D eigenvalue weighted by atomic mass is 9.90. The molecule has 1 aliphatic rings. The zero-order valence-corrected chi connectivity index (χ0v) is 13.3. The van der Waals surface area contributed by atoms with Gasteiger partial charge in [-0.2, -0.15) is 0 Å². The lowest BCUT2D eigenvalue weighted by Gasteiger charge is -2.21. The first-order valence-corrected chi connectivity index (χ1v) is 9.14. The maximum Gasteiger partial charge on any atom is 0.240 e. The topological polar surface area (TPSA) is 63.2 Å². The zero-order chi connectivity index (χ0) is 15.3. The number of nitrogens with one attached hydrogen (secondary N) is 1. The number of benzene rings is 1. The summed E-state index contributed by atoms with van der Waals surface area (Å²) in [6.07, 6.45) is 6.19. The Kier molecular flexibility index (Phi) is 5.53. The largest absolute Gasteiger partial charge is 0.294 e. The zero-order valence-electron chi connectivity index (χ0n) is 12.5. The van der Waals surface area contributed by atoms with Crippen molar-refractivity contribution in [2.45, 2.75) is 50.3 Å². The van der Waals surface area contributed by atoms with Crippen molar-refractivity contribution in [3.05, 3.63) is 29.8 Å². The molecule has 21 heavy (non-hydrogen) atoms. The lowest BCUT2D eigenvalue weighted by Crippen LogP contribution is -2.30. The fraction of sp³-hybridized carbons (Fsp3) is 0.562. The molecule has 0 atom stereocenters. The molecule has 0 aromatic heterocycles. The van der Waals surface area contributed by atoms with E-state index in [0.29, 0.717) is 24.4 Å². The molecule has 0 spiro atoms. The highest BCUT2D eigenvalue weighted by molar-refractivity contribution is 7.89. The van der Waals surface area contributed by atoms with Crippen LogP contribution in [0.3, 0.4) is 0 Å². The van der Waals surface area contributed by atoms with Crippen LogP contribution in [0.15, 0.2) is 29.2 Å². The highest BCUT2D eigenvalue weighted by atomic mass is 32.2. The molecule has 0 unspecified atom stereocenters. The SMILES string of the molecule is CCC(=O)c1cccc(S(=O)(=O)NCC2CCCCC2)c1. The third-order valence-corrected chi connectivity index (χ3v) is 5.50. The first-order valence-electron chi connectivity index (χ1n) is 7.66. The van der Waals surface area contributed by atoms with E-state index < -0.39 is 10.0 Å². The molecule has 0 radical (unpaired) electrons. The van der Waals surface area contributed by atoms with Crippen molar-refractivity contribution < 1.29 is 13.2 Å². The predicted molar refractivity (Wildman–Crippen MR) is 82.8 cm³/mol. The number of hydrogen-bond acceptors (Lipinski definition) is 3. The van der Waals surface area contributed by atoms with Gasteiger partial charge in [-0.1, -0.05) is 38.3 Å². The molecule has 1 fully saturated rings. The monoisotopic (exact) mass is 309 g/mol. The van der Waals surface area contributed by atoms with E-state index in [2.05, 4.69) is 4.72 Å². The van der Waals surface area contributed by atoms with Crippen LogP contribution in [-0.4, -0.2) is 20.7 Å². The molecular weight excluding hydrogens is 286 g/mol. The third kappa shape index (κ3) is 4.38. The van der Waals surface area contributed by atoms with E-state index in [1.807, 2.05) is 0 Å². The summed E-state index contributed by atoms with van der Waals surface area (Å²) in [6.45, 7) is 2.26. The summed E-state index contributed by atoms with van der Waals surface area (Å²) in [7, 11) is -3.53. The van der Waals surface area contributed by atoms with E-state index in [0.717, 1.165) is 12.8 Å². The molecule has 2 rings (SSSR count). The van der Waals surface area contributed by atoms with E-state index in [9.17, 15) is 13.2 Å². The van der Waals surface area contributed by atoms with Crippen LogP contribution in [0.2, 0.25) is 0 Å². The summed E-state index contributed by atoms with van der Waals surface area (Å²) >= 11 is 0. The smallest absolute Gasteiger partial charge is 0.240 e. The number of carbonyl (C=O) groups is 1. The molecule has 0 heterocycles. The molecule has 1 aromatic carbocycles. The number of hydrogen-bond donors (Lipinski definition) is 1. The van der Waals surface area contributed by atoms with Crippen molar-refractivity contribution >= 4 is 15.8 Å². The van der Waals surface area contributed by atoms with Crippen molar-refractivity contribution in [1.82, 2.24) is 4.72 Å². The molecule has 0 saturated heterocycles. The van der Waals surface area contributed by atoms with Gasteiger partial charge >= 0.3 is 0 Å². The minimum absolute atomic E-state index is 0.0423. The number of carbonyl (C=O) groups excluding carboxylic acids is 1. The Morgan fingerprint density at radius 3 is 2.62 bits per heavy atom. The maximum atomic E-state index is 12.3. The first-order chi connectivity index (χ1) is 10.0. The number of ketones is 1. The van der Waals surface area contributed by atoms with Gasteiger partial charge in [-0.05, 0) is 30.9 Å². The van der Waals surface area contributed by atoms with Gasteiger partial charge in [-0.15, -0.1) is 0 Å². The van der Waals surface area contributed by atoms with Crippen LogP contribution < -0.4 is 4.72 Å². The van der Waals surface area contributed by atoms with Crippen molar-refractivity contribution in [1.29, 1.82) is 0 Å². The van der Waals surface area contributed by atoms with E-state index in [4.69, 9.17) is 0 Å². The molecule has 0 amide bonds. The third-order valence-electron chi connectivity index (χ3n) is 4.07. The molecule has 0 aliphatic heterocycles. The van der Waals surface area contributed by atoms with Crippen molar-refractivity contribution in [2.24, 2.45) is 5.92 Å². The lowest BCUT2D eigenvalue weighted by molar-refractivity contribution is 0.0988. The number of Topliss-reactive ketones (excluding diaryl/α,β-unsaturated/α-hetero) is 1. The van der Waals surface area contributed by atoms with Gasteiger partial charge in [0, 0.05) is 18.5 Å². The van der Waals surface area contributed by atoms with Crippen LogP contribution in [0.5, 0.6) is 0 Å². The fourth-order valence-corrected chi connectivity index (χ4v) is 3.90. The Morgan fingerprint density at radius 2 is 1.95 bits per heavy atom. The van der Waals surface area contributed by atoms with Gasteiger partial charge in [0.05, 0.1) is 4.90 Å². The normalized spacial score (nSPS) is 16.8. The average molecular weight is 309 g/mol. The molecule has 1 N–H and O–H groups in total. The minimum atomic E-state index is -3.53. The van der Waals surface area contributed by atoms with Gasteiger partial charge in [-0.3, -0.25) is 4.79 Å². The molecule has 5 heteroatoms. The Hall–Kier alpha value is -1.20. The predicted octanol–water partition coefficient (Wildman–Crippen LogP) is 3.14. The second-order valence-corrected chi connectivity index (χ2v) is 7.43. The van der Waals surface area contributed by atoms with E-state index in [-0.39, 0.29) is 10.7 Å². The van der Waals surface area contributed by atoms with E-state index in [1.165, 1.54) is 31.4 Å². The second-order valence-electron chi connectivity index (χ2n) is 5.66. The van der Waals surface area contributed by atoms with Gasteiger partial charge in [0.2, 0.25) is 10.0 Å². The highest BCUT2D eigenvalue weighted by Crippen LogP contribution is 2.23. The minimum Gasteiger partial charge on any atom is -0.294 e. The van der Waals surface area contributed by atoms with Crippen LogP contribution in [0.25, 0.3) is 0 Å². The average Bonchev–Trinajstić information content (AvgIpc) is 2.53. The summed E-state index contributed by atoms with van der Waals surface area (Å²) in [5.74, 6) is 0.397. The molecule has 0 bridgehead atoms. The molecule has 116 valence electrons. The van der Waals surface area contributed by atoms with Crippen molar-refractivity contribution in [2.75, 3.05) is 6.54 Å². The van der Waals surface area contributed by atoms with Crippen LogP contribution in [0.1, 0.15) is 55.8 Å². The summed E-state index contributed by atoms with van der Waals surface area (Å²) in [6, 6.07) is 6.29.